The third-order valence-corrected chi connectivity index (χ3v) is 5.76. The van der Waals surface area contributed by atoms with Crippen molar-refractivity contribution < 1.29 is 24.2 Å². The van der Waals surface area contributed by atoms with Crippen molar-refractivity contribution in [3.05, 3.63) is 35.9 Å². The molecule has 2 amide bonds. The van der Waals surface area contributed by atoms with Crippen LogP contribution in [-0.2, 0) is 16.1 Å². The zero-order chi connectivity index (χ0) is 20.6. The molecule has 2 aliphatic heterocycles. The molecule has 3 rings (SSSR count). The summed E-state index contributed by atoms with van der Waals surface area (Å²) in [5.74, 6) is 0. The molecule has 1 unspecified atom stereocenters. The highest BCUT2D eigenvalue weighted by Crippen LogP contribution is 2.52. The molecule has 0 aliphatic carbocycles. The Kier molecular flexibility index (Phi) is 5.32. The van der Waals surface area contributed by atoms with Crippen molar-refractivity contribution in [3.8, 4) is 0 Å². The number of likely N-dealkylation sites (tertiary alicyclic amines) is 2. The maximum Gasteiger partial charge on any atom is 0.410 e. The minimum absolute atomic E-state index is 0.0579. The third kappa shape index (κ3) is 3.94. The van der Waals surface area contributed by atoms with Gasteiger partial charge >= 0.3 is 12.2 Å². The molecule has 154 valence electrons. The second-order valence-electron chi connectivity index (χ2n) is 9.23. The molecule has 1 aromatic rings. The lowest BCUT2D eigenvalue weighted by Gasteiger charge is -2.54. The second kappa shape index (κ2) is 7.28. The third-order valence-electron chi connectivity index (χ3n) is 5.76. The minimum atomic E-state index is -0.553. The maximum absolute atomic E-state index is 12.6. The minimum Gasteiger partial charge on any atom is -0.445 e. The topological polar surface area (TPSA) is 79.3 Å². The summed E-state index contributed by atoms with van der Waals surface area (Å²) >= 11 is 0. The van der Waals surface area contributed by atoms with E-state index in [4.69, 9.17) is 9.47 Å². The second-order valence-corrected chi connectivity index (χ2v) is 9.23. The van der Waals surface area contributed by atoms with E-state index in [2.05, 4.69) is 0 Å². The zero-order valence-corrected chi connectivity index (χ0v) is 17.1. The van der Waals surface area contributed by atoms with E-state index in [1.807, 2.05) is 58.0 Å². The Hall–Kier alpha value is -2.28. The van der Waals surface area contributed by atoms with Crippen LogP contribution in [0.3, 0.4) is 0 Å². The van der Waals surface area contributed by atoms with Crippen molar-refractivity contribution in [2.45, 2.75) is 39.9 Å². The van der Waals surface area contributed by atoms with E-state index in [9.17, 15) is 14.7 Å². The summed E-state index contributed by atoms with van der Waals surface area (Å²) < 4.78 is 10.9. The molecule has 28 heavy (non-hydrogen) atoms. The van der Waals surface area contributed by atoms with E-state index in [-0.39, 0.29) is 24.7 Å². The molecular formula is C21H30N2O5. The molecule has 7 heteroatoms. The van der Waals surface area contributed by atoms with Crippen LogP contribution in [0.25, 0.3) is 0 Å². The van der Waals surface area contributed by atoms with Gasteiger partial charge in [0.05, 0.1) is 6.61 Å². The molecule has 1 spiro atoms. The van der Waals surface area contributed by atoms with Crippen molar-refractivity contribution in [1.29, 1.82) is 0 Å². The summed E-state index contributed by atoms with van der Waals surface area (Å²) in [6, 6.07) is 9.52. The van der Waals surface area contributed by atoms with Gasteiger partial charge < -0.3 is 24.4 Å². The summed E-state index contributed by atoms with van der Waals surface area (Å²) in [5, 5.41) is 10.0. The van der Waals surface area contributed by atoms with Gasteiger partial charge in [-0.2, -0.15) is 0 Å². The first-order valence-corrected chi connectivity index (χ1v) is 9.62. The van der Waals surface area contributed by atoms with E-state index in [1.165, 1.54) is 0 Å². The van der Waals surface area contributed by atoms with Gasteiger partial charge in [-0.3, -0.25) is 0 Å². The van der Waals surface area contributed by atoms with E-state index >= 15 is 0 Å². The lowest BCUT2D eigenvalue weighted by Crippen LogP contribution is -2.66. The summed E-state index contributed by atoms with van der Waals surface area (Å²) in [6.45, 7) is 9.39. The molecule has 2 saturated heterocycles. The molecule has 0 bridgehead atoms. The number of hydrogen-bond donors (Lipinski definition) is 1. The molecule has 2 fully saturated rings. The van der Waals surface area contributed by atoms with Crippen molar-refractivity contribution in [2.75, 3.05) is 32.8 Å². The van der Waals surface area contributed by atoms with Crippen molar-refractivity contribution in [1.82, 2.24) is 9.80 Å². The van der Waals surface area contributed by atoms with Gasteiger partial charge in [-0.15, -0.1) is 0 Å². The van der Waals surface area contributed by atoms with Crippen LogP contribution in [-0.4, -0.2) is 65.5 Å². The predicted octanol–water partition coefficient (Wildman–Crippen LogP) is 2.87. The Morgan fingerprint density at radius 2 is 1.61 bits per heavy atom. The molecule has 1 atom stereocenters. The number of rotatable bonds is 3. The maximum atomic E-state index is 12.6. The molecule has 2 heterocycles. The number of aliphatic hydroxyl groups excluding tert-OH is 1. The molecule has 7 nitrogen and oxygen atoms in total. The largest absolute Gasteiger partial charge is 0.445 e. The highest BCUT2D eigenvalue weighted by Gasteiger charge is 2.63. The Morgan fingerprint density at radius 3 is 2.14 bits per heavy atom. The molecule has 0 radical (unpaired) electrons. The van der Waals surface area contributed by atoms with Crippen molar-refractivity contribution in [2.24, 2.45) is 10.8 Å². The fourth-order valence-electron chi connectivity index (χ4n) is 3.98. The summed E-state index contributed by atoms with van der Waals surface area (Å²) in [7, 11) is 0. The number of carbonyl (C=O) groups is 2. The quantitative estimate of drug-likeness (QED) is 0.859. The Balaban J connectivity index is 1.61. The predicted molar refractivity (Wildman–Crippen MR) is 104 cm³/mol. The summed E-state index contributed by atoms with van der Waals surface area (Å²) in [4.78, 5) is 28.1. The van der Waals surface area contributed by atoms with Crippen LogP contribution >= 0.6 is 0 Å². The van der Waals surface area contributed by atoms with E-state index < -0.39 is 17.1 Å². The fraction of sp³-hybridized carbons (Fsp3) is 0.619. The van der Waals surface area contributed by atoms with Crippen LogP contribution in [0.5, 0.6) is 0 Å². The first kappa shape index (κ1) is 20.5. The highest BCUT2D eigenvalue weighted by molar-refractivity contribution is 5.71. The Bertz CT molecular complexity index is 724. The normalized spacial score (nSPS) is 23.5. The fourth-order valence-corrected chi connectivity index (χ4v) is 3.98. The average Bonchev–Trinajstić information content (AvgIpc) is 2.92. The molecule has 0 aromatic heterocycles. The number of hydrogen-bond acceptors (Lipinski definition) is 5. The van der Waals surface area contributed by atoms with Gasteiger partial charge in [0.25, 0.3) is 0 Å². The van der Waals surface area contributed by atoms with Gasteiger partial charge in [-0.05, 0) is 26.3 Å². The van der Waals surface area contributed by atoms with Crippen LogP contribution < -0.4 is 0 Å². The molecular weight excluding hydrogens is 360 g/mol. The van der Waals surface area contributed by atoms with Crippen molar-refractivity contribution in [3.63, 3.8) is 0 Å². The van der Waals surface area contributed by atoms with Gasteiger partial charge in [0, 0.05) is 37.0 Å². The zero-order valence-electron chi connectivity index (χ0n) is 17.1. The van der Waals surface area contributed by atoms with Crippen LogP contribution in [0.15, 0.2) is 30.3 Å². The molecule has 2 aliphatic rings. The van der Waals surface area contributed by atoms with Crippen molar-refractivity contribution >= 4 is 12.2 Å². The lowest BCUT2D eigenvalue weighted by atomic mass is 9.62. The molecule has 1 aromatic carbocycles. The van der Waals surface area contributed by atoms with Gasteiger partial charge in [0.1, 0.15) is 12.2 Å². The van der Waals surface area contributed by atoms with Crippen LogP contribution in [0.4, 0.5) is 9.59 Å². The summed E-state index contributed by atoms with van der Waals surface area (Å²) in [5.41, 5.74) is -0.459. The highest BCUT2D eigenvalue weighted by atomic mass is 16.6. The number of ether oxygens (including phenoxy) is 2. The van der Waals surface area contributed by atoms with Gasteiger partial charge in [-0.1, -0.05) is 37.3 Å². The molecule has 1 N–H and O–H groups in total. The number of nitrogens with zero attached hydrogens (tertiary/aromatic N) is 2. The number of carbonyl (C=O) groups excluding carboxylic acids is 2. The number of benzene rings is 1. The van der Waals surface area contributed by atoms with Crippen LogP contribution in [0.1, 0.15) is 33.3 Å². The summed E-state index contributed by atoms with van der Waals surface area (Å²) in [6.07, 6.45) is -0.750. The van der Waals surface area contributed by atoms with E-state index in [1.54, 1.807) is 9.80 Å². The SMILES string of the molecule is CC(C)(C)OC(=O)N1CC2(CN(C(=O)OCc3ccccc3)CC2(C)CO)C1. The Morgan fingerprint density at radius 1 is 1.04 bits per heavy atom. The first-order chi connectivity index (χ1) is 13.1. The first-order valence-electron chi connectivity index (χ1n) is 9.62. The van der Waals surface area contributed by atoms with Gasteiger partial charge in [0.15, 0.2) is 0 Å². The lowest BCUT2D eigenvalue weighted by molar-refractivity contribution is -0.0858. The van der Waals surface area contributed by atoms with E-state index in [0.717, 1.165) is 5.56 Å². The standard InChI is InChI=1S/C21H30N2O5/c1-19(2,3)28-18(26)23-13-21(14-23)12-22(11-20(21,4)15-24)17(25)27-10-16-8-6-5-7-9-16/h5-9,24H,10-15H2,1-4H3. The average molecular weight is 390 g/mol. The van der Waals surface area contributed by atoms with Gasteiger partial charge in [0.2, 0.25) is 0 Å². The number of aliphatic hydroxyl groups is 1. The Labute approximate surface area is 166 Å². The molecule has 0 saturated carbocycles. The van der Waals surface area contributed by atoms with E-state index in [0.29, 0.717) is 26.2 Å². The smallest absolute Gasteiger partial charge is 0.410 e. The monoisotopic (exact) mass is 390 g/mol. The number of amides is 2. The van der Waals surface area contributed by atoms with Crippen LogP contribution in [0.2, 0.25) is 0 Å². The van der Waals surface area contributed by atoms with Crippen LogP contribution in [0, 0.1) is 10.8 Å². The van der Waals surface area contributed by atoms with Gasteiger partial charge in [-0.25, -0.2) is 9.59 Å².